The maximum atomic E-state index is 12.6. The van der Waals surface area contributed by atoms with Gasteiger partial charge in [0.1, 0.15) is 17.4 Å². The van der Waals surface area contributed by atoms with Gasteiger partial charge in [-0.2, -0.15) is 0 Å². The molecule has 0 unspecified atom stereocenters. The van der Waals surface area contributed by atoms with Gasteiger partial charge < -0.3 is 44.0 Å². The van der Waals surface area contributed by atoms with Crippen LogP contribution in [0.1, 0.15) is 32.8 Å². The number of aliphatic hydroxyl groups excluding tert-OH is 2. The van der Waals surface area contributed by atoms with E-state index in [-0.39, 0.29) is 11.3 Å². The largest absolute Gasteiger partial charge is 0.476 e. The van der Waals surface area contributed by atoms with E-state index in [1.807, 2.05) is 0 Å². The van der Waals surface area contributed by atoms with Crippen LogP contribution in [0, 0.1) is 6.92 Å². The molecule has 0 spiro atoms. The average Bonchev–Trinajstić information content (AvgIpc) is 2.82. The van der Waals surface area contributed by atoms with E-state index in [9.17, 15) is 39.3 Å². The van der Waals surface area contributed by atoms with Crippen LogP contribution in [0.15, 0.2) is 33.5 Å². The summed E-state index contributed by atoms with van der Waals surface area (Å²) in [7, 11) is 0. The first kappa shape index (κ1) is 29.5. The van der Waals surface area contributed by atoms with Crippen molar-refractivity contribution in [1.29, 1.82) is 0 Å². The molecule has 1 aliphatic heterocycles. The molecule has 1 saturated heterocycles. The number of amides is 1. The van der Waals surface area contributed by atoms with Crippen molar-refractivity contribution in [3.63, 3.8) is 0 Å². The fourth-order valence-corrected chi connectivity index (χ4v) is 4.42. The summed E-state index contributed by atoms with van der Waals surface area (Å²) in [6.07, 6.45) is -7.33. The second-order valence-corrected chi connectivity index (χ2v) is 9.05. The van der Waals surface area contributed by atoms with E-state index in [4.69, 9.17) is 23.4 Å². The highest BCUT2D eigenvalue weighted by atomic mass is 16.7. The van der Waals surface area contributed by atoms with Crippen LogP contribution in [0.25, 0.3) is 11.0 Å². The van der Waals surface area contributed by atoms with Crippen LogP contribution >= 0.6 is 0 Å². The Hall–Kier alpha value is -4.01. The summed E-state index contributed by atoms with van der Waals surface area (Å²) in [5, 5.41) is 34.1. The molecule has 1 fully saturated rings. The van der Waals surface area contributed by atoms with Crippen LogP contribution in [0.3, 0.4) is 0 Å². The lowest BCUT2D eigenvalue weighted by molar-refractivity contribution is -0.286. The number of carbonyl (C=O) groups excluding carboxylic acids is 3. The van der Waals surface area contributed by atoms with Crippen molar-refractivity contribution in [2.45, 2.75) is 70.4 Å². The number of carbonyl (C=O) groups is 4. The first-order valence-electron chi connectivity index (χ1n) is 11.8. The van der Waals surface area contributed by atoms with E-state index >= 15 is 0 Å². The van der Waals surface area contributed by atoms with Gasteiger partial charge in [0.25, 0.3) is 0 Å². The third-order valence-corrected chi connectivity index (χ3v) is 5.96. The van der Waals surface area contributed by atoms with Crippen LogP contribution in [0.4, 0.5) is 0 Å². The first-order valence-corrected chi connectivity index (χ1v) is 11.8. The molecule has 4 N–H and O–H groups in total. The van der Waals surface area contributed by atoms with Gasteiger partial charge in [-0.3, -0.25) is 14.4 Å². The molecule has 1 amide bonds. The molecule has 14 nitrogen and oxygen atoms in total. The van der Waals surface area contributed by atoms with Crippen LogP contribution in [-0.2, 0) is 33.4 Å². The van der Waals surface area contributed by atoms with E-state index in [2.05, 4.69) is 5.32 Å². The Morgan fingerprint density at radius 1 is 1.13 bits per heavy atom. The normalized spacial score (nSPS) is 24.3. The molecule has 6 atom stereocenters. The summed E-state index contributed by atoms with van der Waals surface area (Å²) in [5.74, 6) is -6.89. The predicted molar refractivity (Wildman–Crippen MR) is 130 cm³/mol. The van der Waals surface area contributed by atoms with Gasteiger partial charge in [-0.05, 0) is 24.6 Å². The third kappa shape index (κ3) is 6.71. The number of carboxylic acid groups (broad SMARTS) is 1. The highest BCUT2D eigenvalue weighted by Gasteiger charge is 2.58. The highest BCUT2D eigenvalue weighted by Crippen LogP contribution is 2.36. The number of benzene rings is 1. The first-order chi connectivity index (χ1) is 18.3. The lowest BCUT2D eigenvalue weighted by Gasteiger charge is -2.47. The molecule has 3 rings (SSSR count). The van der Waals surface area contributed by atoms with Crippen molar-refractivity contribution in [3.8, 4) is 5.75 Å². The topological polar surface area (TPSA) is 208 Å². The zero-order chi connectivity index (χ0) is 29.1. The van der Waals surface area contributed by atoms with Gasteiger partial charge in [-0.15, -0.1) is 0 Å². The Balaban J connectivity index is 2.10. The Kier molecular flexibility index (Phi) is 8.94. The Morgan fingerprint density at radius 2 is 1.79 bits per heavy atom. The summed E-state index contributed by atoms with van der Waals surface area (Å²) in [4.78, 5) is 59.9. The van der Waals surface area contributed by atoms with Gasteiger partial charge >= 0.3 is 29.3 Å². The number of carboxylic acids is 1. The summed E-state index contributed by atoms with van der Waals surface area (Å²) in [6, 6.07) is 4.08. The number of hydrogen-bond acceptors (Lipinski definition) is 12. The molecule has 2 aromatic rings. The molecule has 14 heteroatoms. The molecule has 1 aromatic carbocycles. The van der Waals surface area contributed by atoms with E-state index < -0.39 is 78.7 Å². The standard InChI is InChI=1S/C25H29NO13/c1-11-7-20(32)37-18-8-15(5-6-16(11)18)38-25(24(33)34)9-17(31)21(26-12(2)28)23(39-25)22(36-14(4)30)19(10-27)35-13(3)29/h5-8,17,19,21-23,27,31H,9-10H2,1-4H3,(H,26,28)(H,33,34)/t17-,19+,21+,22+,23+,25+/m0/s1. The molecule has 1 aliphatic rings. The third-order valence-electron chi connectivity index (χ3n) is 5.96. The number of aryl methyl sites for hydroxylation is 1. The van der Waals surface area contributed by atoms with E-state index in [0.717, 1.165) is 20.8 Å². The van der Waals surface area contributed by atoms with Crippen LogP contribution in [-0.4, -0.2) is 82.0 Å². The van der Waals surface area contributed by atoms with Crippen molar-refractivity contribution in [1.82, 2.24) is 5.32 Å². The quantitative estimate of drug-likeness (QED) is 0.235. The van der Waals surface area contributed by atoms with Crippen molar-refractivity contribution in [3.05, 3.63) is 40.2 Å². The van der Waals surface area contributed by atoms with Crippen LogP contribution in [0.2, 0.25) is 0 Å². The maximum Gasteiger partial charge on any atom is 0.377 e. The molecule has 0 bridgehead atoms. The van der Waals surface area contributed by atoms with Gasteiger partial charge in [0.05, 0.1) is 25.2 Å². The predicted octanol–water partition coefficient (Wildman–Crippen LogP) is -0.229. The molecule has 1 aromatic heterocycles. The SMILES string of the molecule is CC(=O)N[C@H]1[C@H]([C@H](OC(C)=O)[C@@H](CO)OC(C)=O)O[C@@](Oc2ccc3c(C)cc(=O)oc3c2)(C(=O)O)C[C@@H]1O. The second-order valence-electron chi connectivity index (χ2n) is 9.05. The number of ether oxygens (including phenoxy) is 4. The molecule has 0 radical (unpaired) electrons. The number of aliphatic carboxylic acids is 1. The zero-order valence-electron chi connectivity index (χ0n) is 21.5. The molecule has 212 valence electrons. The molecule has 0 aliphatic carbocycles. The maximum absolute atomic E-state index is 12.6. The molecule has 2 heterocycles. The van der Waals surface area contributed by atoms with Crippen molar-refractivity contribution in [2.24, 2.45) is 0 Å². The lowest BCUT2D eigenvalue weighted by atomic mass is 9.88. The summed E-state index contributed by atoms with van der Waals surface area (Å²) < 4.78 is 27.1. The lowest BCUT2D eigenvalue weighted by Crippen LogP contribution is -2.69. The van der Waals surface area contributed by atoms with E-state index in [1.165, 1.54) is 24.3 Å². The number of rotatable bonds is 9. The number of nitrogens with one attached hydrogen (secondary N) is 1. The second kappa shape index (κ2) is 11.8. The fourth-order valence-electron chi connectivity index (χ4n) is 4.42. The minimum Gasteiger partial charge on any atom is -0.476 e. The van der Waals surface area contributed by atoms with Gasteiger partial charge in [0, 0.05) is 38.3 Å². The van der Waals surface area contributed by atoms with Crippen molar-refractivity contribution in [2.75, 3.05) is 6.61 Å². The molecule has 0 saturated carbocycles. The average molecular weight is 552 g/mol. The fraction of sp³-hybridized carbons (Fsp3) is 0.480. The summed E-state index contributed by atoms with van der Waals surface area (Å²) >= 11 is 0. The Labute approximate surface area is 221 Å². The minimum absolute atomic E-state index is 0.0926. The molecular formula is C25H29NO13. The van der Waals surface area contributed by atoms with E-state index in [0.29, 0.717) is 10.9 Å². The van der Waals surface area contributed by atoms with Crippen molar-refractivity contribution < 1.29 is 57.9 Å². The molecular weight excluding hydrogens is 522 g/mol. The Bertz CT molecular complexity index is 1320. The minimum atomic E-state index is -2.63. The highest BCUT2D eigenvalue weighted by molar-refractivity contribution is 5.82. The zero-order valence-corrected chi connectivity index (χ0v) is 21.5. The number of fused-ring (bicyclic) bond motifs is 1. The number of aliphatic hydroxyl groups is 2. The smallest absolute Gasteiger partial charge is 0.377 e. The number of hydrogen-bond donors (Lipinski definition) is 4. The van der Waals surface area contributed by atoms with Gasteiger partial charge in [-0.1, -0.05) is 0 Å². The van der Waals surface area contributed by atoms with Crippen LogP contribution < -0.4 is 15.7 Å². The van der Waals surface area contributed by atoms with Gasteiger partial charge in [0.15, 0.2) is 12.2 Å². The van der Waals surface area contributed by atoms with Gasteiger partial charge in [0.2, 0.25) is 5.91 Å². The van der Waals surface area contributed by atoms with Crippen LogP contribution in [0.5, 0.6) is 5.75 Å². The Morgan fingerprint density at radius 3 is 2.36 bits per heavy atom. The van der Waals surface area contributed by atoms with Gasteiger partial charge in [-0.25, -0.2) is 9.59 Å². The van der Waals surface area contributed by atoms with E-state index in [1.54, 1.807) is 6.92 Å². The molecule has 39 heavy (non-hydrogen) atoms. The number of esters is 2. The monoisotopic (exact) mass is 551 g/mol. The summed E-state index contributed by atoms with van der Waals surface area (Å²) in [5.41, 5.74) is 0.0560. The summed E-state index contributed by atoms with van der Waals surface area (Å²) in [6.45, 7) is 3.96. The van der Waals surface area contributed by atoms with Crippen molar-refractivity contribution >= 4 is 34.8 Å².